The zero-order valence-electron chi connectivity index (χ0n) is 7.83. The van der Waals surface area contributed by atoms with Gasteiger partial charge >= 0.3 is 0 Å². The maximum absolute atomic E-state index is 5.82. The van der Waals surface area contributed by atoms with Gasteiger partial charge in [0.25, 0.3) is 0 Å². The van der Waals surface area contributed by atoms with Gasteiger partial charge in [-0.15, -0.1) is 0 Å². The molecule has 1 N–H and O–H groups in total. The first-order valence-electron chi connectivity index (χ1n) is 4.40. The van der Waals surface area contributed by atoms with E-state index in [1.54, 1.807) is 11.8 Å². The van der Waals surface area contributed by atoms with Gasteiger partial charge in [0.2, 0.25) is 0 Å². The first-order valence-corrected chi connectivity index (χ1v) is 6.00. The highest BCUT2D eigenvalue weighted by Gasteiger charge is 2.17. The third-order valence-electron chi connectivity index (χ3n) is 2.18. The molecule has 0 fully saturated rings. The number of rotatable bonds is 1. The monoisotopic (exact) mass is 226 g/mol. The van der Waals surface area contributed by atoms with E-state index in [0.717, 1.165) is 16.7 Å². The van der Waals surface area contributed by atoms with Crippen LogP contribution in [-0.4, -0.2) is 18.0 Å². The molecule has 0 amide bonds. The SMILES string of the molecule is CSC1=NCC(c2ccc(Cl)cc2)N1. The normalized spacial score (nSPS) is 20.4. The number of thioether (sulfide) groups is 1. The fraction of sp³-hybridized carbons (Fsp3) is 0.300. The zero-order valence-corrected chi connectivity index (χ0v) is 9.40. The minimum absolute atomic E-state index is 0.315. The Labute approximate surface area is 92.8 Å². The summed E-state index contributed by atoms with van der Waals surface area (Å²) in [5.74, 6) is 0. The lowest BCUT2D eigenvalue weighted by atomic mass is 10.1. The average Bonchev–Trinajstić information content (AvgIpc) is 2.67. The van der Waals surface area contributed by atoms with Gasteiger partial charge in [-0.05, 0) is 24.0 Å². The van der Waals surface area contributed by atoms with E-state index in [2.05, 4.69) is 10.3 Å². The fourth-order valence-electron chi connectivity index (χ4n) is 1.42. The van der Waals surface area contributed by atoms with E-state index in [4.69, 9.17) is 11.6 Å². The maximum atomic E-state index is 5.82. The van der Waals surface area contributed by atoms with E-state index in [-0.39, 0.29) is 0 Å². The predicted molar refractivity (Wildman–Crippen MR) is 63.1 cm³/mol. The second-order valence-corrected chi connectivity index (χ2v) is 4.33. The molecule has 0 saturated carbocycles. The van der Waals surface area contributed by atoms with Crippen molar-refractivity contribution in [2.45, 2.75) is 6.04 Å². The zero-order chi connectivity index (χ0) is 9.97. The van der Waals surface area contributed by atoms with Gasteiger partial charge in [0.1, 0.15) is 0 Å². The molecule has 74 valence electrons. The Kier molecular flexibility index (Phi) is 2.99. The number of nitrogens with zero attached hydrogens (tertiary/aromatic N) is 1. The van der Waals surface area contributed by atoms with Crippen molar-refractivity contribution < 1.29 is 0 Å². The molecular formula is C10H11ClN2S. The Morgan fingerprint density at radius 2 is 2.14 bits per heavy atom. The molecule has 1 atom stereocenters. The summed E-state index contributed by atoms with van der Waals surface area (Å²) in [6.45, 7) is 0.817. The van der Waals surface area contributed by atoms with Gasteiger partial charge in [-0.1, -0.05) is 35.5 Å². The van der Waals surface area contributed by atoms with E-state index >= 15 is 0 Å². The van der Waals surface area contributed by atoms with Crippen LogP contribution in [0.25, 0.3) is 0 Å². The van der Waals surface area contributed by atoms with Crippen LogP contribution >= 0.6 is 23.4 Å². The van der Waals surface area contributed by atoms with Crippen LogP contribution in [0.4, 0.5) is 0 Å². The largest absolute Gasteiger partial charge is 0.356 e. The van der Waals surface area contributed by atoms with Gasteiger partial charge < -0.3 is 5.32 Å². The molecule has 1 heterocycles. The van der Waals surface area contributed by atoms with Gasteiger partial charge in [0, 0.05) is 5.02 Å². The summed E-state index contributed by atoms with van der Waals surface area (Å²) >= 11 is 7.47. The Morgan fingerprint density at radius 3 is 2.71 bits per heavy atom. The highest BCUT2D eigenvalue weighted by molar-refractivity contribution is 8.13. The molecule has 4 heteroatoms. The van der Waals surface area contributed by atoms with E-state index < -0.39 is 0 Å². The van der Waals surface area contributed by atoms with Crippen LogP contribution in [0.15, 0.2) is 29.3 Å². The summed E-state index contributed by atoms with van der Waals surface area (Å²) in [5, 5.41) is 5.14. The van der Waals surface area contributed by atoms with E-state index in [0.29, 0.717) is 6.04 Å². The lowest BCUT2D eigenvalue weighted by Crippen LogP contribution is -2.20. The number of aliphatic imine (C=N–C) groups is 1. The Hall–Kier alpha value is -0.670. The molecule has 2 rings (SSSR count). The van der Waals surface area contributed by atoms with E-state index in [1.807, 2.05) is 30.5 Å². The number of amidine groups is 1. The molecule has 14 heavy (non-hydrogen) atoms. The Balaban J connectivity index is 2.08. The Morgan fingerprint density at radius 1 is 1.43 bits per heavy atom. The smallest absolute Gasteiger partial charge is 0.156 e. The van der Waals surface area contributed by atoms with Crippen LogP contribution < -0.4 is 5.32 Å². The number of nitrogens with one attached hydrogen (secondary N) is 1. The van der Waals surface area contributed by atoms with Crippen molar-refractivity contribution in [2.24, 2.45) is 4.99 Å². The van der Waals surface area contributed by atoms with E-state index in [1.165, 1.54) is 5.56 Å². The molecule has 0 spiro atoms. The summed E-state index contributed by atoms with van der Waals surface area (Å²) in [4.78, 5) is 4.37. The van der Waals surface area contributed by atoms with Crippen molar-refractivity contribution >= 4 is 28.5 Å². The fourth-order valence-corrected chi connectivity index (χ4v) is 2.01. The van der Waals surface area contributed by atoms with Gasteiger partial charge in [0.05, 0.1) is 12.6 Å². The van der Waals surface area contributed by atoms with Gasteiger partial charge in [-0.25, -0.2) is 0 Å². The van der Waals surface area contributed by atoms with Crippen molar-refractivity contribution in [2.75, 3.05) is 12.8 Å². The molecule has 1 unspecified atom stereocenters. The molecule has 0 radical (unpaired) electrons. The Bertz CT molecular complexity index is 348. The first kappa shape index (κ1) is 9.87. The quantitative estimate of drug-likeness (QED) is 0.797. The molecule has 1 aromatic rings. The predicted octanol–water partition coefficient (Wildman–Crippen LogP) is 2.70. The molecule has 1 aliphatic rings. The molecule has 0 bridgehead atoms. The maximum Gasteiger partial charge on any atom is 0.156 e. The van der Waals surface area contributed by atoms with Gasteiger partial charge in [-0.3, -0.25) is 4.99 Å². The third kappa shape index (κ3) is 2.04. The lowest BCUT2D eigenvalue weighted by molar-refractivity contribution is 0.712. The summed E-state index contributed by atoms with van der Waals surface area (Å²) < 4.78 is 0. The van der Waals surface area contributed by atoms with Crippen LogP contribution in [0.1, 0.15) is 11.6 Å². The summed E-state index contributed by atoms with van der Waals surface area (Å²) in [7, 11) is 0. The van der Waals surface area contributed by atoms with Crippen molar-refractivity contribution in [3.05, 3.63) is 34.9 Å². The minimum Gasteiger partial charge on any atom is -0.356 e. The summed E-state index contributed by atoms with van der Waals surface area (Å²) in [6.07, 6.45) is 2.02. The second-order valence-electron chi connectivity index (χ2n) is 3.10. The van der Waals surface area contributed by atoms with Crippen LogP contribution in [0.2, 0.25) is 5.02 Å². The molecule has 0 aromatic heterocycles. The molecule has 0 aliphatic carbocycles. The number of hydrogen-bond donors (Lipinski definition) is 1. The molecule has 2 nitrogen and oxygen atoms in total. The second kappa shape index (κ2) is 4.24. The standard InChI is InChI=1S/C10H11ClN2S/c1-14-10-12-6-9(13-10)7-2-4-8(11)5-3-7/h2-5,9H,6H2,1H3,(H,12,13). The minimum atomic E-state index is 0.315. The average molecular weight is 227 g/mol. The number of benzene rings is 1. The van der Waals surface area contributed by atoms with Gasteiger partial charge in [-0.2, -0.15) is 0 Å². The third-order valence-corrected chi connectivity index (χ3v) is 3.07. The highest BCUT2D eigenvalue weighted by Crippen LogP contribution is 2.21. The highest BCUT2D eigenvalue weighted by atomic mass is 35.5. The van der Waals surface area contributed by atoms with Gasteiger partial charge in [0.15, 0.2) is 5.17 Å². The van der Waals surface area contributed by atoms with Crippen LogP contribution in [0.5, 0.6) is 0 Å². The molecule has 0 saturated heterocycles. The molecule has 1 aromatic carbocycles. The summed E-state index contributed by atoms with van der Waals surface area (Å²) in [6, 6.07) is 8.22. The topological polar surface area (TPSA) is 24.4 Å². The van der Waals surface area contributed by atoms with Crippen molar-refractivity contribution in [3.8, 4) is 0 Å². The van der Waals surface area contributed by atoms with Crippen molar-refractivity contribution in [1.82, 2.24) is 5.32 Å². The van der Waals surface area contributed by atoms with Crippen molar-refractivity contribution in [1.29, 1.82) is 0 Å². The first-order chi connectivity index (χ1) is 6.79. The summed E-state index contributed by atoms with van der Waals surface area (Å²) in [5.41, 5.74) is 1.24. The lowest BCUT2D eigenvalue weighted by Gasteiger charge is -2.11. The number of halogens is 1. The van der Waals surface area contributed by atoms with Crippen LogP contribution in [0.3, 0.4) is 0 Å². The molecule has 1 aliphatic heterocycles. The number of hydrogen-bond acceptors (Lipinski definition) is 3. The van der Waals surface area contributed by atoms with Crippen LogP contribution in [0, 0.1) is 0 Å². The van der Waals surface area contributed by atoms with E-state index in [9.17, 15) is 0 Å². The van der Waals surface area contributed by atoms with Crippen molar-refractivity contribution in [3.63, 3.8) is 0 Å². The van der Waals surface area contributed by atoms with Crippen LogP contribution in [-0.2, 0) is 0 Å². The molecular weight excluding hydrogens is 216 g/mol.